The molecule has 10 nitrogen and oxygen atoms in total. The first-order valence-corrected chi connectivity index (χ1v) is 13.1. The number of hydrogen-bond donors (Lipinski definition) is 4. The van der Waals surface area contributed by atoms with Crippen LogP contribution >= 0.6 is 12.2 Å². The van der Waals surface area contributed by atoms with Gasteiger partial charge in [0.15, 0.2) is 5.11 Å². The molecule has 12 heteroatoms. The van der Waals surface area contributed by atoms with E-state index in [1.807, 2.05) is 51.1 Å². The molecule has 0 aliphatic carbocycles. The number of guanidine groups is 1. The van der Waals surface area contributed by atoms with Crippen molar-refractivity contribution in [2.75, 3.05) is 23.8 Å². The van der Waals surface area contributed by atoms with Crippen LogP contribution in [0.2, 0.25) is 0 Å². The highest BCUT2D eigenvalue weighted by Crippen LogP contribution is 2.15. The molecule has 1 aromatic heterocycles. The standard InChI is InChI=1S/C24H29N7O3S2/c1-4-34-20-9-7-19(8-10-20)29-24(35)31-22(30-23-27-16(2)15-17(3)28-23)26-14-13-18-5-11-21(12-6-18)36(25,32)33/h5-12,15H,4,13-14H2,1-3H3,(H2,25,32,33)(H3,26,27,28,29,30,31,35). The van der Waals surface area contributed by atoms with E-state index in [0.29, 0.717) is 36.6 Å². The van der Waals surface area contributed by atoms with Gasteiger partial charge in [-0.3, -0.25) is 10.3 Å². The van der Waals surface area contributed by atoms with Crippen LogP contribution in [0.25, 0.3) is 0 Å². The lowest BCUT2D eigenvalue weighted by Crippen LogP contribution is -2.39. The van der Waals surface area contributed by atoms with E-state index in [0.717, 1.165) is 28.4 Å². The maximum atomic E-state index is 11.5. The van der Waals surface area contributed by atoms with Gasteiger partial charge in [0.2, 0.25) is 21.9 Å². The van der Waals surface area contributed by atoms with Gasteiger partial charge in [0.05, 0.1) is 11.5 Å². The Kier molecular flexibility index (Phi) is 9.28. The predicted octanol–water partition coefficient (Wildman–Crippen LogP) is 3.14. The molecule has 0 spiro atoms. The SMILES string of the molecule is CCOc1ccc(NC(=S)NC(=NCCc2ccc(S(N)(=O)=O)cc2)Nc2nc(C)cc(C)n2)cc1. The first kappa shape index (κ1) is 27.0. The van der Waals surface area contributed by atoms with Gasteiger partial charge in [-0.1, -0.05) is 12.1 Å². The third kappa shape index (κ3) is 8.56. The molecule has 36 heavy (non-hydrogen) atoms. The second-order valence-corrected chi connectivity index (χ2v) is 9.77. The van der Waals surface area contributed by atoms with Crippen molar-refractivity contribution in [1.29, 1.82) is 0 Å². The molecular weight excluding hydrogens is 498 g/mol. The Bertz CT molecular complexity index is 1310. The molecule has 190 valence electrons. The minimum atomic E-state index is -3.73. The summed E-state index contributed by atoms with van der Waals surface area (Å²) in [5.41, 5.74) is 3.32. The van der Waals surface area contributed by atoms with Gasteiger partial charge in [0.25, 0.3) is 0 Å². The highest BCUT2D eigenvalue weighted by molar-refractivity contribution is 7.89. The number of nitrogens with two attached hydrogens (primary N) is 1. The largest absolute Gasteiger partial charge is 0.494 e. The van der Waals surface area contributed by atoms with E-state index >= 15 is 0 Å². The summed E-state index contributed by atoms with van der Waals surface area (Å²) in [5, 5.41) is 14.8. The summed E-state index contributed by atoms with van der Waals surface area (Å²) < 4.78 is 28.4. The zero-order valence-electron chi connectivity index (χ0n) is 20.3. The summed E-state index contributed by atoms with van der Waals surface area (Å²) in [7, 11) is -3.73. The van der Waals surface area contributed by atoms with Crippen molar-refractivity contribution in [1.82, 2.24) is 15.3 Å². The minimum absolute atomic E-state index is 0.0662. The number of benzene rings is 2. The number of anilines is 2. The van der Waals surface area contributed by atoms with Crippen molar-refractivity contribution in [2.24, 2.45) is 10.1 Å². The maximum Gasteiger partial charge on any atom is 0.238 e. The Morgan fingerprint density at radius 2 is 1.67 bits per heavy atom. The first-order valence-electron chi connectivity index (χ1n) is 11.2. The fourth-order valence-electron chi connectivity index (χ4n) is 3.21. The number of aryl methyl sites for hydroxylation is 2. The lowest BCUT2D eigenvalue weighted by molar-refractivity contribution is 0.340. The van der Waals surface area contributed by atoms with Crippen molar-refractivity contribution >= 4 is 44.9 Å². The summed E-state index contributed by atoms with van der Waals surface area (Å²) in [6.07, 6.45) is 0.560. The molecule has 1 heterocycles. The zero-order valence-corrected chi connectivity index (χ0v) is 21.9. The molecule has 0 radical (unpaired) electrons. The summed E-state index contributed by atoms with van der Waals surface area (Å²) in [6, 6.07) is 15.7. The Balaban J connectivity index is 1.70. The molecule has 0 atom stereocenters. The average Bonchev–Trinajstić information content (AvgIpc) is 2.79. The second-order valence-electron chi connectivity index (χ2n) is 7.81. The molecular formula is C24H29N7O3S2. The van der Waals surface area contributed by atoms with Crippen LogP contribution in [0.15, 0.2) is 64.5 Å². The molecule has 0 aliphatic heterocycles. The minimum Gasteiger partial charge on any atom is -0.494 e. The number of sulfonamides is 1. The van der Waals surface area contributed by atoms with Gasteiger partial charge in [0.1, 0.15) is 5.75 Å². The Morgan fingerprint density at radius 1 is 1.03 bits per heavy atom. The van der Waals surface area contributed by atoms with E-state index in [9.17, 15) is 8.42 Å². The summed E-state index contributed by atoms with van der Waals surface area (Å²) in [4.78, 5) is 13.5. The number of primary sulfonamides is 1. The summed E-state index contributed by atoms with van der Waals surface area (Å²) in [5.74, 6) is 1.53. The number of hydrogen-bond acceptors (Lipinski definition) is 7. The van der Waals surface area contributed by atoms with Gasteiger partial charge < -0.3 is 15.4 Å². The van der Waals surface area contributed by atoms with Gasteiger partial charge in [-0.05, 0) is 87.4 Å². The number of nitrogens with zero attached hydrogens (tertiary/aromatic N) is 3. The normalized spacial score (nSPS) is 11.6. The monoisotopic (exact) mass is 527 g/mol. The topological polar surface area (TPSA) is 144 Å². The molecule has 2 aromatic carbocycles. The van der Waals surface area contributed by atoms with Crippen molar-refractivity contribution in [3.8, 4) is 5.75 Å². The van der Waals surface area contributed by atoms with Gasteiger partial charge in [-0.25, -0.2) is 23.5 Å². The summed E-state index contributed by atoms with van der Waals surface area (Å²) in [6.45, 7) is 6.68. The average molecular weight is 528 g/mol. The molecule has 0 saturated carbocycles. The quantitative estimate of drug-likeness (QED) is 0.197. The van der Waals surface area contributed by atoms with Crippen LogP contribution < -0.4 is 25.8 Å². The van der Waals surface area contributed by atoms with Crippen molar-refractivity contribution in [3.05, 3.63) is 71.5 Å². The maximum absolute atomic E-state index is 11.5. The highest BCUT2D eigenvalue weighted by atomic mass is 32.2. The zero-order chi connectivity index (χ0) is 26.1. The lowest BCUT2D eigenvalue weighted by Gasteiger charge is -2.14. The van der Waals surface area contributed by atoms with E-state index in [4.69, 9.17) is 22.1 Å². The summed E-state index contributed by atoms with van der Waals surface area (Å²) >= 11 is 5.47. The van der Waals surface area contributed by atoms with Crippen molar-refractivity contribution < 1.29 is 13.2 Å². The molecule has 0 unspecified atom stereocenters. The molecule has 0 saturated heterocycles. The molecule has 3 aromatic rings. The Labute approximate surface area is 216 Å². The van der Waals surface area contributed by atoms with Crippen LogP contribution in [0, 0.1) is 13.8 Å². The second kappa shape index (κ2) is 12.4. The molecule has 0 aliphatic rings. The first-order chi connectivity index (χ1) is 17.1. The van der Waals surface area contributed by atoms with Crippen LogP contribution in [-0.4, -0.2) is 42.6 Å². The van der Waals surface area contributed by atoms with Gasteiger partial charge in [-0.2, -0.15) is 0 Å². The number of rotatable bonds is 8. The van der Waals surface area contributed by atoms with Gasteiger partial charge >= 0.3 is 0 Å². The fraction of sp³-hybridized carbons (Fsp3) is 0.250. The smallest absolute Gasteiger partial charge is 0.238 e. The van der Waals surface area contributed by atoms with E-state index in [2.05, 4.69) is 30.9 Å². The third-order valence-corrected chi connectivity index (χ3v) is 5.92. The number of aromatic nitrogens is 2. The molecule has 0 bridgehead atoms. The van der Waals surface area contributed by atoms with Crippen molar-refractivity contribution in [2.45, 2.75) is 32.1 Å². The predicted molar refractivity (Wildman–Crippen MR) is 146 cm³/mol. The third-order valence-electron chi connectivity index (χ3n) is 4.79. The number of thiocarbonyl (C=S) groups is 1. The highest BCUT2D eigenvalue weighted by Gasteiger charge is 2.09. The van der Waals surface area contributed by atoms with E-state index in [1.54, 1.807) is 12.1 Å². The number of nitrogens with one attached hydrogen (secondary N) is 3. The van der Waals surface area contributed by atoms with Crippen LogP contribution in [0.3, 0.4) is 0 Å². The van der Waals surface area contributed by atoms with Crippen LogP contribution in [-0.2, 0) is 16.4 Å². The fourth-order valence-corrected chi connectivity index (χ4v) is 3.94. The number of ether oxygens (including phenoxy) is 1. The van der Waals surface area contributed by atoms with E-state index in [1.165, 1.54) is 12.1 Å². The Morgan fingerprint density at radius 3 is 2.25 bits per heavy atom. The molecule has 5 N–H and O–H groups in total. The van der Waals surface area contributed by atoms with E-state index < -0.39 is 10.0 Å². The van der Waals surface area contributed by atoms with Crippen LogP contribution in [0.4, 0.5) is 11.6 Å². The Hall–Kier alpha value is -3.61. The van der Waals surface area contributed by atoms with Crippen molar-refractivity contribution in [3.63, 3.8) is 0 Å². The van der Waals surface area contributed by atoms with Gasteiger partial charge in [-0.15, -0.1) is 0 Å². The van der Waals surface area contributed by atoms with Gasteiger partial charge in [0, 0.05) is 23.6 Å². The molecule has 0 fully saturated rings. The lowest BCUT2D eigenvalue weighted by atomic mass is 10.1. The molecule has 0 amide bonds. The number of aliphatic imine (C=N–C) groups is 1. The van der Waals surface area contributed by atoms with Crippen LogP contribution in [0.5, 0.6) is 5.75 Å². The molecule has 3 rings (SSSR count). The van der Waals surface area contributed by atoms with E-state index in [-0.39, 0.29) is 4.90 Å². The van der Waals surface area contributed by atoms with Crippen LogP contribution in [0.1, 0.15) is 23.9 Å².